The predicted octanol–water partition coefficient (Wildman–Crippen LogP) is 3.48. The molecule has 5 heteroatoms. The first kappa shape index (κ1) is 17.0. The number of benzene rings is 1. The van der Waals surface area contributed by atoms with Gasteiger partial charge in [0.1, 0.15) is 5.69 Å². The van der Waals surface area contributed by atoms with Gasteiger partial charge in [-0.05, 0) is 51.2 Å². The van der Waals surface area contributed by atoms with Gasteiger partial charge in [-0.25, -0.2) is 4.68 Å². The van der Waals surface area contributed by atoms with Gasteiger partial charge in [-0.3, -0.25) is 4.79 Å². The largest absolute Gasteiger partial charge is 0.376 e. The van der Waals surface area contributed by atoms with E-state index in [1.54, 1.807) is 6.92 Å². The zero-order chi connectivity index (χ0) is 17.9. The summed E-state index contributed by atoms with van der Waals surface area (Å²) in [6.07, 6.45) is 7.88. The highest BCUT2D eigenvalue weighted by atomic mass is 16.5. The zero-order valence-corrected chi connectivity index (χ0v) is 15.1. The highest BCUT2D eigenvalue weighted by molar-refractivity contribution is 6.00. The summed E-state index contributed by atoms with van der Waals surface area (Å²) in [5, 5.41) is 8.50. The van der Waals surface area contributed by atoms with E-state index >= 15 is 0 Å². The van der Waals surface area contributed by atoms with Crippen LogP contribution in [0, 0.1) is 17.8 Å². The molecule has 2 fully saturated rings. The molecule has 0 radical (unpaired) electrons. The van der Waals surface area contributed by atoms with Crippen LogP contribution >= 0.6 is 0 Å². The minimum Gasteiger partial charge on any atom is -0.376 e. The Hall–Kier alpha value is -2.45. The van der Waals surface area contributed by atoms with Gasteiger partial charge in [0.15, 0.2) is 5.78 Å². The molecule has 134 valence electrons. The summed E-state index contributed by atoms with van der Waals surface area (Å²) in [4.78, 5) is 12.1. The molecule has 1 saturated carbocycles. The minimum absolute atomic E-state index is 0.0141. The molecule has 5 nitrogen and oxygen atoms in total. The van der Waals surface area contributed by atoms with Crippen LogP contribution in [0.3, 0.4) is 0 Å². The summed E-state index contributed by atoms with van der Waals surface area (Å²) in [5.41, 5.74) is 3.06. The van der Waals surface area contributed by atoms with E-state index in [0.717, 1.165) is 30.6 Å². The molecule has 1 aromatic carbocycles. The van der Waals surface area contributed by atoms with Gasteiger partial charge < -0.3 is 4.74 Å². The summed E-state index contributed by atoms with van der Waals surface area (Å²) in [6.45, 7) is 3.11. The number of hydrogen-bond acceptors (Lipinski definition) is 4. The first-order chi connectivity index (χ1) is 12.7. The first-order valence-electron chi connectivity index (χ1n) is 9.37. The molecule has 2 aromatic rings. The van der Waals surface area contributed by atoms with E-state index in [1.165, 1.54) is 19.3 Å². The third-order valence-corrected chi connectivity index (χ3v) is 4.88. The number of aromatic nitrogens is 3. The van der Waals surface area contributed by atoms with Crippen molar-refractivity contribution in [1.29, 1.82) is 0 Å². The van der Waals surface area contributed by atoms with Crippen molar-refractivity contribution in [1.82, 2.24) is 15.0 Å². The molecular weight excluding hydrogens is 326 g/mol. The molecule has 0 spiro atoms. The van der Waals surface area contributed by atoms with Crippen molar-refractivity contribution in [3.8, 4) is 23.1 Å². The van der Waals surface area contributed by atoms with Gasteiger partial charge in [-0.1, -0.05) is 23.1 Å². The molecule has 1 aliphatic heterocycles. The third-order valence-electron chi connectivity index (χ3n) is 4.88. The van der Waals surface area contributed by atoms with E-state index in [0.29, 0.717) is 23.7 Å². The molecule has 26 heavy (non-hydrogen) atoms. The van der Waals surface area contributed by atoms with Gasteiger partial charge in [0.05, 0.1) is 18.8 Å². The second-order valence-corrected chi connectivity index (χ2v) is 7.17. The first-order valence-corrected chi connectivity index (χ1v) is 9.37. The number of rotatable bonds is 4. The lowest BCUT2D eigenvalue weighted by Crippen LogP contribution is -2.24. The molecule has 1 saturated heterocycles. The van der Waals surface area contributed by atoms with Crippen molar-refractivity contribution in [2.75, 3.05) is 6.61 Å². The molecule has 0 N–H and O–H groups in total. The molecule has 0 amide bonds. The molecule has 1 atom stereocenters. The number of nitrogens with zero attached hydrogens (tertiary/aromatic N) is 3. The number of Topliss-reactive ketones (excluding diaryl/α,β-unsaturated/α-hetero) is 1. The molecule has 0 unspecified atom stereocenters. The normalized spacial score (nSPS) is 19.7. The summed E-state index contributed by atoms with van der Waals surface area (Å²) in [5.74, 6) is 6.97. The van der Waals surface area contributed by atoms with Crippen LogP contribution in [0.2, 0.25) is 0 Å². The van der Waals surface area contributed by atoms with E-state index in [9.17, 15) is 4.79 Å². The van der Waals surface area contributed by atoms with Gasteiger partial charge >= 0.3 is 0 Å². The summed E-state index contributed by atoms with van der Waals surface area (Å²) >= 11 is 0. The Morgan fingerprint density at radius 3 is 2.92 bits per heavy atom. The fourth-order valence-corrected chi connectivity index (χ4v) is 3.22. The van der Waals surface area contributed by atoms with Crippen LogP contribution in [0.25, 0.3) is 11.3 Å². The van der Waals surface area contributed by atoms with Gasteiger partial charge in [0.25, 0.3) is 0 Å². The molecule has 2 aliphatic rings. The van der Waals surface area contributed by atoms with Crippen LogP contribution in [-0.2, 0) is 11.3 Å². The zero-order valence-electron chi connectivity index (χ0n) is 15.1. The second kappa shape index (κ2) is 7.43. The van der Waals surface area contributed by atoms with E-state index < -0.39 is 0 Å². The van der Waals surface area contributed by atoms with E-state index in [1.807, 2.05) is 29.1 Å². The second-order valence-electron chi connectivity index (χ2n) is 7.17. The SMILES string of the molecule is CC(=O)c1cc(C#CC2CC2)ccc1-c1cn(C[C@H]2CCCCO2)nn1. The fraction of sp³-hybridized carbons (Fsp3) is 0.476. The number of ketones is 1. The van der Waals surface area contributed by atoms with Gasteiger partial charge in [0.2, 0.25) is 0 Å². The molecule has 1 aliphatic carbocycles. The van der Waals surface area contributed by atoms with Crippen LogP contribution in [0.5, 0.6) is 0 Å². The summed E-state index contributed by atoms with van der Waals surface area (Å²) in [6, 6.07) is 5.76. The Morgan fingerprint density at radius 1 is 1.31 bits per heavy atom. The summed E-state index contributed by atoms with van der Waals surface area (Å²) in [7, 11) is 0. The Morgan fingerprint density at radius 2 is 2.19 bits per heavy atom. The highest BCUT2D eigenvalue weighted by Crippen LogP contribution is 2.28. The predicted molar refractivity (Wildman–Crippen MR) is 98.7 cm³/mol. The lowest BCUT2D eigenvalue weighted by Gasteiger charge is -2.21. The Kier molecular flexibility index (Phi) is 4.85. The monoisotopic (exact) mass is 349 g/mol. The maximum absolute atomic E-state index is 12.1. The minimum atomic E-state index is 0.0141. The molecule has 1 aromatic heterocycles. The van der Waals surface area contributed by atoms with E-state index in [4.69, 9.17) is 4.74 Å². The van der Waals surface area contributed by atoms with Crippen molar-refractivity contribution in [3.63, 3.8) is 0 Å². The van der Waals surface area contributed by atoms with E-state index in [-0.39, 0.29) is 11.9 Å². The number of ether oxygens (including phenoxy) is 1. The van der Waals surface area contributed by atoms with Crippen LogP contribution in [0.1, 0.15) is 54.9 Å². The number of hydrogen-bond donors (Lipinski definition) is 0. The van der Waals surface area contributed by atoms with Crippen LogP contribution < -0.4 is 0 Å². The lowest BCUT2D eigenvalue weighted by atomic mass is 9.99. The van der Waals surface area contributed by atoms with Crippen molar-refractivity contribution >= 4 is 5.78 Å². The highest BCUT2D eigenvalue weighted by Gasteiger charge is 2.19. The number of carbonyl (C=O) groups excluding carboxylic acids is 1. The van der Waals surface area contributed by atoms with Crippen LogP contribution in [0.4, 0.5) is 0 Å². The standard InChI is InChI=1S/C21H23N3O2/c1-15(25)20-12-17(8-7-16-5-6-16)9-10-19(20)21-14-24(23-22-21)13-18-4-2-3-11-26-18/h9-10,12,14,16,18H,2-6,11,13H2,1H3/t18-/m1/s1. The topological polar surface area (TPSA) is 57.0 Å². The molecular formula is C21H23N3O2. The third kappa shape index (κ3) is 4.03. The summed E-state index contributed by atoms with van der Waals surface area (Å²) < 4.78 is 7.58. The maximum Gasteiger partial charge on any atom is 0.160 e. The quantitative estimate of drug-likeness (QED) is 0.626. The molecule has 4 rings (SSSR count). The van der Waals surface area contributed by atoms with Gasteiger partial charge in [-0.15, -0.1) is 5.10 Å². The number of carbonyl (C=O) groups is 1. The average molecular weight is 349 g/mol. The van der Waals surface area contributed by atoms with Gasteiger partial charge in [0, 0.05) is 29.2 Å². The van der Waals surface area contributed by atoms with Crippen molar-refractivity contribution < 1.29 is 9.53 Å². The van der Waals surface area contributed by atoms with E-state index in [2.05, 4.69) is 22.2 Å². The van der Waals surface area contributed by atoms with Gasteiger partial charge in [-0.2, -0.15) is 0 Å². The Balaban J connectivity index is 1.56. The smallest absolute Gasteiger partial charge is 0.160 e. The van der Waals surface area contributed by atoms with Crippen molar-refractivity contribution in [3.05, 3.63) is 35.5 Å². The fourth-order valence-electron chi connectivity index (χ4n) is 3.22. The average Bonchev–Trinajstić information content (AvgIpc) is 3.38. The maximum atomic E-state index is 12.1. The van der Waals surface area contributed by atoms with Crippen LogP contribution in [0.15, 0.2) is 24.4 Å². The molecule has 0 bridgehead atoms. The lowest BCUT2D eigenvalue weighted by molar-refractivity contribution is 0.00370. The Labute approximate surface area is 153 Å². The molecule has 2 heterocycles. The van der Waals surface area contributed by atoms with Crippen molar-refractivity contribution in [2.45, 2.75) is 51.7 Å². The van der Waals surface area contributed by atoms with Crippen molar-refractivity contribution in [2.24, 2.45) is 5.92 Å². The Bertz CT molecular complexity index is 865. The van der Waals surface area contributed by atoms with Crippen LogP contribution in [-0.4, -0.2) is 33.5 Å².